The van der Waals surface area contributed by atoms with Crippen LogP contribution in [0.1, 0.15) is 0 Å². The van der Waals surface area contributed by atoms with Gasteiger partial charge in [-0.1, -0.05) is 11.6 Å². The summed E-state index contributed by atoms with van der Waals surface area (Å²) in [5.41, 5.74) is 0.424. The Bertz CT molecular complexity index is 1310. The van der Waals surface area contributed by atoms with Crippen molar-refractivity contribution >= 4 is 44.1 Å². The summed E-state index contributed by atoms with van der Waals surface area (Å²) in [5.74, 6) is 0.102. The van der Waals surface area contributed by atoms with Crippen molar-refractivity contribution in [3.63, 3.8) is 0 Å². The highest BCUT2D eigenvalue weighted by atomic mass is 35.5. The van der Waals surface area contributed by atoms with E-state index in [2.05, 4.69) is 10.3 Å². The van der Waals surface area contributed by atoms with Gasteiger partial charge >= 0.3 is 0 Å². The Morgan fingerprint density at radius 2 is 1.87 bits per heavy atom. The molecule has 0 radical (unpaired) electrons. The highest BCUT2D eigenvalue weighted by molar-refractivity contribution is 7.89. The van der Waals surface area contributed by atoms with E-state index in [1.807, 2.05) is 0 Å². The molecule has 0 aliphatic carbocycles. The van der Waals surface area contributed by atoms with Crippen LogP contribution in [0.3, 0.4) is 0 Å². The molecule has 0 saturated heterocycles. The summed E-state index contributed by atoms with van der Waals surface area (Å²) in [6, 6.07) is 10.2. The van der Waals surface area contributed by atoms with E-state index in [1.54, 1.807) is 6.07 Å². The van der Waals surface area contributed by atoms with E-state index >= 15 is 0 Å². The van der Waals surface area contributed by atoms with Crippen molar-refractivity contribution in [2.24, 2.45) is 0 Å². The fraction of sp³-hybridized carbons (Fsp3) is 0.200. The number of aromatic nitrogens is 1. The van der Waals surface area contributed by atoms with Crippen molar-refractivity contribution in [1.29, 1.82) is 0 Å². The molecule has 3 aromatic rings. The molecule has 2 N–H and O–H groups in total. The highest BCUT2D eigenvalue weighted by Gasteiger charge is 2.24. The molecule has 0 atom stereocenters. The Morgan fingerprint density at radius 3 is 2.55 bits per heavy atom. The van der Waals surface area contributed by atoms with Gasteiger partial charge in [0.2, 0.25) is 21.5 Å². The molecule has 11 heteroatoms. The second-order valence-corrected chi connectivity index (χ2v) is 9.02. The number of anilines is 1. The van der Waals surface area contributed by atoms with Crippen molar-refractivity contribution in [1.82, 2.24) is 9.29 Å². The van der Waals surface area contributed by atoms with Crippen LogP contribution in [0.2, 0.25) is 5.02 Å². The number of pyridine rings is 1. The average molecular weight is 466 g/mol. The van der Waals surface area contributed by atoms with E-state index in [4.69, 9.17) is 21.1 Å². The first-order valence-corrected chi connectivity index (χ1v) is 10.8. The van der Waals surface area contributed by atoms with E-state index in [1.165, 1.54) is 57.7 Å². The zero-order valence-electron chi connectivity index (χ0n) is 16.9. The van der Waals surface area contributed by atoms with Gasteiger partial charge in [-0.25, -0.2) is 8.42 Å². The van der Waals surface area contributed by atoms with Crippen molar-refractivity contribution < 1.29 is 22.7 Å². The first-order valence-electron chi connectivity index (χ1n) is 8.96. The van der Waals surface area contributed by atoms with Gasteiger partial charge < -0.3 is 19.8 Å². The number of hydrogen-bond acceptors (Lipinski definition) is 6. The quantitative estimate of drug-likeness (QED) is 0.553. The number of methoxy groups -OCH3 is 2. The van der Waals surface area contributed by atoms with Crippen molar-refractivity contribution in [3.05, 3.63) is 57.8 Å². The maximum atomic E-state index is 12.9. The second kappa shape index (κ2) is 8.96. The molecule has 1 aromatic heterocycles. The molecule has 3 rings (SSSR count). The minimum absolute atomic E-state index is 0.0117. The number of likely N-dealkylation sites (N-methyl/N-ethyl adjacent to an activating group) is 1. The third kappa shape index (κ3) is 4.82. The summed E-state index contributed by atoms with van der Waals surface area (Å²) >= 11 is 6.19. The Morgan fingerprint density at radius 1 is 1.13 bits per heavy atom. The lowest BCUT2D eigenvalue weighted by Crippen LogP contribution is -2.35. The van der Waals surface area contributed by atoms with Crippen LogP contribution in [-0.4, -0.2) is 51.4 Å². The number of H-pyrrole nitrogens is 1. The van der Waals surface area contributed by atoms with E-state index in [0.717, 1.165) is 4.31 Å². The standard InChI is InChI=1S/C20H20ClN3O6S/c1-24(11-19(26)23-20-15(21)9-13(29-2)10-17(20)30-3)31(27,28)14-5-6-16-12(8-14)4-7-18(25)22-16/h4-10H,11H2,1-3H3,(H,22,25)(H,23,26). The monoisotopic (exact) mass is 465 g/mol. The summed E-state index contributed by atoms with van der Waals surface area (Å²) in [6.45, 7) is -0.461. The maximum Gasteiger partial charge on any atom is 0.248 e. The number of carbonyl (C=O) groups excluding carboxylic acids is 1. The summed E-state index contributed by atoms with van der Waals surface area (Å²) in [7, 11) is 0.195. The molecule has 31 heavy (non-hydrogen) atoms. The number of fused-ring (bicyclic) bond motifs is 1. The molecule has 0 aliphatic heterocycles. The molecule has 0 unspecified atom stereocenters. The zero-order chi connectivity index (χ0) is 22.8. The van der Waals surface area contributed by atoms with Gasteiger partial charge in [0.25, 0.3) is 0 Å². The summed E-state index contributed by atoms with van der Waals surface area (Å²) in [5, 5.41) is 3.30. The molecule has 164 valence electrons. The summed E-state index contributed by atoms with van der Waals surface area (Å²) in [4.78, 5) is 26.5. The largest absolute Gasteiger partial charge is 0.497 e. The average Bonchev–Trinajstić information content (AvgIpc) is 2.74. The molecule has 0 spiro atoms. The van der Waals surface area contributed by atoms with E-state index in [-0.39, 0.29) is 26.9 Å². The number of hydrogen-bond donors (Lipinski definition) is 2. The van der Waals surface area contributed by atoms with Crippen LogP contribution in [0.15, 0.2) is 52.2 Å². The predicted octanol–water partition coefficient (Wildman–Crippen LogP) is 2.46. The van der Waals surface area contributed by atoms with E-state index in [9.17, 15) is 18.0 Å². The Hall–Kier alpha value is -3.08. The molecule has 0 bridgehead atoms. The second-order valence-electron chi connectivity index (χ2n) is 6.57. The molecule has 1 amide bonds. The van der Waals surface area contributed by atoms with Crippen LogP contribution in [0.25, 0.3) is 10.9 Å². The highest BCUT2D eigenvalue weighted by Crippen LogP contribution is 2.36. The Kier molecular flexibility index (Phi) is 6.54. The van der Waals surface area contributed by atoms with Gasteiger partial charge in [0.15, 0.2) is 0 Å². The van der Waals surface area contributed by atoms with Crippen molar-refractivity contribution in [2.45, 2.75) is 4.90 Å². The number of halogens is 1. The predicted molar refractivity (Wildman–Crippen MR) is 118 cm³/mol. The third-order valence-electron chi connectivity index (χ3n) is 4.52. The van der Waals surface area contributed by atoms with Crippen LogP contribution < -0.4 is 20.3 Å². The minimum Gasteiger partial charge on any atom is -0.497 e. The van der Waals surface area contributed by atoms with Gasteiger partial charge in [0, 0.05) is 30.8 Å². The lowest BCUT2D eigenvalue weighted by Gasteiger charge is -2.18. The Labute approximate surface area is 183 Å². The molecule has 0 fully saturated rings. The topological polar surface area (TPSA) is 118 Å². The van der Waals surface area contributed by atoms with E-state index < -0.39 is 22.5 Å². The van der Waals surface area contributed by atoms with Gasteiger partial charge in [0.05, 0.1) is 30.7 Å². The van der Waals surface area contributed by atoms with E-state index in [0.29, 0.717) is 16.7 Å². The number of rotatable bonds is 7. The summed E-state index contributed by atoms with van der Waals surface area (Å²) < 4.78 is 37.1. The Balaban J connectivity index is 1.80. The van der Waals surface area contributed by atoms with Gasteiger partial charge in [-0.05, 0) is 29.7 Å². The number of aromatic amines is 1. The number of nitrogens with zero attached hydrogens (tertiary/aromatic N) is 1. The molecular weight excluding hydrogens is 446 g/mol. The van der Waals surface area contributed by atoms with Gasteiger partial charge in [-0.15, -0.1) is 0 Å². The molecule has 0 aliphatic rings. The zero-order valence-corrected chi connectivity index (χ0v) is 18.5. The minimum atomic E-state index is -3.97. The van der Waals surface area contributed by atoms with Gasteiger partial charge in [-0.3, -0.25) is 9.59 Å². The van der Waals surface area contributed by atoms with Crippen LogP contribution >= 0.6 is 11.6 Å². The van der Waals surface area contributed by atoms with Gasteiger partial charge in [0.1, 0.15) is 17.2 Å². The number of sulfonamides is 1. The molecular formula is C20H20ClN3O6S. The van der Waals surface area contributed by atoms with Crippen molar-refractivity contribution in [2.75, 3.05) is 33.1 Å². The number of amides is 1. The van der Waals surface area contributed by atoms with Crippen molar-refractivity contribution in [3.8, 4) is 11.5 Å². The molecule has 2 aromatic carbocycles. The number of ether oxygens (including phenoxy) is 2. The van der Waals surface area contributed by atoms with Crippen LogP contribution in [0, 0.1) is 0 Å². The smallest absolute Gasteiger partial charge is 0.248 e. The van der Waals surface area contributed by atoms with Crippen LogP contribution in [0.5, 0.6) is 11.5 Å². The fourth-order valence-electron chi connectivity index (χ4n) is 2.90. The molecule has 1 heterocycles. The number of nitrogens with one attached hydrogen (secondary N) is 2. The third-order valence-corrected chi connectivity index (χ3v) is 6.61. The number of carbonyl (C=O) groups is 1. The lowest BCUT2D eigenvalue weighted by molar-refractivity contribution is -0.116. The van der Waals surface area contributed by atoms with Crippen LogP contribution in [-0.2, 0) is 14.8 Å². The SMILES string of the molecule is COc1cc(Cl)c(NC(=O)CN(C)S(=O)(=O)c2ccc3[nH]c(=O)ccc3c2)c(OC)c1. The van der Waals surface area contributed by atoms with Crippen LogP contribution in [0.4, 0.5) is 5.69 Å². The summed E-state index contributed by atoms with van der Waals surface area (Å²) in [6.07, 6.45) is 0. The maximum absolute atomic E-state index is 12.9. The lowest BCUT2D eigenvalue weighted by atomic mass is 10.2. The van der Waals surface area contributed by atoms with Gasteiger partial charge in [-0.2, -0.15) is 4.31 Å². The first kappa shape index (κ1) is 22.6. The normalized spacial score (nSPS) is 11.5. The molecule has 0 saturated carbocycles. The first-order chi connectivity index (χ1) is 14.6. The fourth-order valence-corrected chi connectivity index (χ4v) is 4.31. The molecule has 9 nitrogen and oxygen atoms in total. The number of benzene rings is 2.